The number of carbonyl (C=O) groups excluding carboxylic acids is 2. The second-order valence-corrected chi connectivity index (χ2v) is 6.54. The lowest BCUT2D eigenvalue weighted by atomic mass is 10.0. The fourth-order valence-electron chi connectivity index (χ4n) is 2.95. The van der Waals surface area contributed by atoms with Crippen LogP contribution in [0.3, 0.4) is 0 Å². The summed E-state index contributed by atoms with van der Waals surface area (Å²) in [6.45, 7) is 0. The van der Waals surface area contributed by atoms with E-state index in [4.69, 9.17) is 22.1 Å². The predicted molar refractivity (Wildman–Crippen MR) is 106 cm³/mol. The molecule has 6 heteroatoms. The van der Waals surface area contributed by atoms with Crippen molar-refractivity contribution in [3.63, 3.8) is 0 Å². The molecule has 3 aromatic carbocycles. The van der Waals surface area contributed by atoms with Gasteiger partial charge < -0.3 is 15.8 Å². The zero-order chi connectivity index (χ0) is 19.4. The van der Waals surface area contributed by atoms with Crippen LogP contribution in [0.15, 0.2) is 60.7 Å². The minimum Gasteiger partial charge on any atom is -0.495 e. The number of nitrogens with one attached hydrogen (secondary N) is 1. The molecule has 3 rings (SSSR count). The van der Waals surface area contributed by atoms with Crippen LogP contribution in [0.4, 0.5) is 0 Å². The van der Waals surface area contributed by atoms with Crippen LogP contribution in [0.1, 0.15) is 15.9 Å². The summed E-state index contributed by atoms with van der Waals surface area (Å²) in [7, 11) is 1.53. The first-order valence-electron chi connectivity index (χ1n) is 8.40. The summed E-state index contributed by atoms with van der Waals surface area (Å²) in [6, 6.07) is 17.3. The lowest BCUT2D eigenvalue weighted by molar-refractivity contribution is -0.119. The molecule has 0 saturated carbocycles. The first kappa shape index (κ1) is 18.7. The SMILES string of the molecule is COc1ccc(C[C@@H](NC(=O)c2cccc3ccccc23)C(N)=O)cc1Cl. The molecule has 0 aliphatic heterocycles. The van der Waals surface area contributed by atoms with Crippen molar-refractivity contribution in [2.24, 2.45) is 5.73 Å². The molecule has 0 bridgehead atoms. The highest BCUT2D eigenvalue weighted by atomic mass is 35.5. The van der Waals surface area contributed by atoms with Crippen molar-refractivity contribution in [1.29, 1.82) is 0 Å². The topological polar surface area (TPSA) is 81.4 Å². The van der Waals surface area contributed by atoms with Crippen molar-refractivity contribution < 1.29 is 14.3 Å². The maximum atomic E-state index is 12.8. The Morgan fingerprint density at radius 1 is 1.11 bits per heavy atom. The highest BCUT2D eigenvalue weighted by Gasteiger charge is 2.21. The largest absolute Gasteiger partial charge is 0.495 e. The molecule has 0 aliphatic rings. The van der Waals surface area contributed by atoms with Crippen molar-refractivity contribution in [1.82, 2.24) is 5.32 Å². The maximum absolute atomic E-state index is 12.8. The standard InChI is InChI=1S/C21H19ClN2O3/c1-27-19-10-9-13(11-17(19)22)12-18(20(23)25)24-21(26)16-8-4-6-14-5-2-3-7-15(14)16/h2-11,18H,12H2,1H3,(H2,23,25)(H,24,26)/t18-/m1/s1. The monoisotopic (exact) mass is 382 g/mol. The number of hydrogen-bond acceptors (Lipinski definition) is 3. The average Bonchev–Trinajstić information content (AvgIpc) is 2.67. The van der Waals surface area contributed by atoms with E-state index in [1.54, 1.807) is 30.3 Å². The van der Waals surface area contributed by atoms with Gasteiger partial charge in [0.15, 0.2) is 0 Å². The molecule has 0 spiro atoms. The number of methoxy groups -OCH3 is 1. The summed E-state index contributed by atoms with van der Waals surface area (Å²) in [5, 5.41) is 4.92. The van der Waals surface area contributed by atoms with E-state index in [2.05, 4.69) is 5.32 Å². The van der Waals surface area contributed by atoms with Crippen molar-refractivity contribution in [2.75, 3.05) is 7.11 Å². The Morgan fingerprint density at radius 2 is 1.85 bits per heavy atom. The molecule has 3 aromatic rings. The second-order valence-electron chi connectivity index (χ2n) is 6.13. The third kappa shape index (κ3) is 4.20. The van der Waals surface area contributed by atoms with E-state index >= 15 is 0 Å². The normalized spacial score (nSPS) is 11.8. The van der Waals surface area contributed by atoms with E-state index in [-0.39, 0.29) is 12.3 Å². The fraction of sp³-hybridized carbons (Fsp3) is 0.143. The number of nitrogens with two attached hydrogens (primary N) is 1. The van der Waals surface area contributed by atoms with Gasteiger partial charge in [0.05, 0.1) is 12.1 Å². The molecule has 0 unspecified atom stereocenters. The summed E-state index contributed by atoms with van der Waals surface area (Å²) in [6.07, 6.45) is 0.232. The van der Waals surface area contributed by atoms with Gasteiger partial charge in [-0.3, -0.25) is 9.59 Å². The molecule has 1 atom stereocenters. The van der Waals surface area contributed by atoms with E-state index in [0.717, 1.165) is 16.3 Å². The van der Waals surface area contributed by atoms with E-state index < -0.39 is 11.9 Å². The van der Waals surface area contributed by atoms with E-state index in [1.807, 2.05) is 30.3 Å². The minimum absolute atomic E-state index is 0.232. The average molecular weight is 383 g/mol. The van der Waals surface area contributed by atoms with Gasteiger partial charge >= 0.3 is 0 Å². The fourth-order valence-corrected chi connectivity index (χ4v) is 3.24. The van der Waals surface area contributed by atoms with E-state index in [9.17, 15) is 9.59 Å². The maximum Gasteiger partial charge on any atom is 0.252 e. The molecule has 0 heterocycles. The van der Waals surface area contributed by atoms with Gasteiger partial charge in [-0.05, 0) is 34.5 Å². The zero-order valence-electron chi connectivity index (χ0n) is 14.7. The van der Waals surface area contributed by atoms with Crippen molar-refractivity contribution in [3.05, 3.63) is 76.8 Å². The Balaban J connectivity index is 1.83. The quantitative estimate of drug-likeness (QED) is 0.686. The van der Waals surface area contributed by atoms with Gasteiger partial charge in [0.1, 0.15) is 11.8 Å². The summed E-state index contributed by atoms with van der Waals surface area (Å²) in [5.74, 6) is -0.429. The molecule has 0 saturated heterocycles. The number of hydrogen-bond donors (Lipinski definition) is 2. The van der Waals surface area contributed by atoms with Crippen LogP contribution < -0.4 is 15.8 Å². The van der Waals surface area contributed by atoms with Gasteiger partial charge in [0.2, 0.25) is 5.91 Å². The molecule has 0 aliphatic carbocycles. The number of primary amides is 1. The van der Waals surface area contributed by atoms with Crippen LogP contribution >= 0.6 is 11.6 Å². The van der Waals surface area contributed by atoms with Gasteiger partial charge in [-0.25, -0.2) is 0 Å². The number of amides is 2. The molecule has 138 valence electrons. The summed E-state index contributed by atoms with van der Waals surface area (Å²) >= 11 is 6.13. The van der Waals surface area contributed by atoms with Gasteiger partial charge in [0, 0.05) is 12.0 Å². The number of ether oxygens (including phenoxy) is 1. The third-order valence-electron chi connectivity index (χ3n) is 4.34. The molecule has 0 aromatic heterocycles. The van der Waals surface area contributed by atoms with Gasteiger partial charge in [-0.15, -0.1) is 0 Å². The van der Waals surface area contributed by atoms with Gasteiger partial charge in [-0.2, -0.15) is 0 Å². The smallest absolute Gasteiger partial charge is 0.252 e. The Labute approximate surface area is 162 Å². The van der Waals surface area contributed by atoms with Crippen molar-refractivity contribution in [2.45, 2.75) is 12.5 Å². The Hall–Kier alpha value is -3.05. The molecular weight excluding hydrogens is 364 g/mol. The van der Waals surface area contributed by atoms with E-state index in [1.165, 1.54) is 7.11 Å². The van der Waals surface area contributed by atoms with Gasteiger partial charge in [-0.1, -0.05) is 54.1 Å². The van der Waals surface area contributed by atoms with Crippen LogP contribution in [0.25, 0.3) is 10.8 Å². The van der Waals surface area contributed by atoms with Crippen molar-refractivity contribution in [3.8, 4) is 5.75 Å². The summed E-state index contributed by atoms with van der Waals surface area (Å²) in [5.41, 5.74) is 6.77. The highest BCUT2D eigenvalue weighted by Crippen LogP contribution is 2.25. The molecule has 27 heavy (non-hydrogen) atoms. The summed E-state index contributed by atoms with van der Waals surface area (Å²) in [4.78, 5) is 24.7. The predicted octanol–water partition coefficient (Wildman–Crippen LogP) is 3.33. The molecule has 2 amide bonds. The minimum atomic E-state index is -0.860. The number of halogens is 1. The number of carbonyl (C=O) groups is 2. The Bertz CT molecular complexity index is 998. The number of rotatable bonds is 6. The second kappa shape index (κ2) is 8.10. The lowest BCUT2D eigenvalue weighted by Crippen LogP contribution is -2.45. The van der Waals surface area contributed by atoms with E-state index in [0.29, 0.717) is 16.3 Å². The first-order chi connectivity index (χ1) is 13.0. The first-order valence-corrected chi connectivity index (χ1v) is 8.77. The molecule has 5 nitrogen and oxygen atoms in total. The van der Waals surface area contributed by atoms with Crippen LogP contribution in [-0.2, 0) is 11.2 Å². The van der Waals surface area contributed by atoms with Gasteiger partial charge in [0.25, 0.3) is 5.91 Å². The van der Waals surface area contributed by atoms with Crippen LogP contribution in [-0.4, -0.2) is 25.0 Å². The zero-order valence-corrected chi connectivity index (χ0v) is 15.5. The lowest BCUT2D eigenvalue weighted by Gasteiger charge is -2.17. The van der Waals surface area contributed by atoms with Crippen LogP contribution in [0, 0.1) is 0 Å². The van der Waals surface area contributed by atoms with Crippen LogP contribution in [0.2, 0.25) is 5.02 Å². The van der Waals surface area contributed by atoms with Crippen molar-refractivity contribution >= 4 is 34.2 Å². The number of benzene rings is 3. The summed E-state index contributed by atoms with van der Waals surface area (Å²) < 4.78 is 5.12. The highest BCUT2D eigenvalue weighted by molar-refractivity contribution is 6.32. The Kier molecular flexibility index (Phi) is 5.62. The third-order valence-corrected chi connectivity index (χ3v) is 4.63. The number of fused-ring (bicyclic) bond motifs is 1. The molecule has 3 N–H and O–H groups in total. The molecular formula is C21H19ClN2O3. The molecule has 0 fully saturated rings. The Morgan fingerprint density at radius 3 is 2.56 bits per heavy atom. The van der Waals surface area contributed by atoms with Crippen LogP contribution in [0.5, 0.6) is 5.75 Å². The molecule has 0 radical (unpaired) electrons.